The van der Waals surface area contributed by atoms with Crippen LogP contribution in [0.25, 0.3) is 22.2 Å². The number of fused-ring (bicyclic) bond motifs is 1. The van der Waals surface area contributed by atoms with Gasteiger partial charge in [-0.1, -0.05) is 0 Å². The summed E-state index contributed by atoms with van der Waals surface area (Å²) in [6.07, 6.45) is -3.68. The maximum absolute atomic E-state index is 14.1. The molecule has 0 aliphatic rings. The van der Waals surface area contributed by atoms with Gasteiger partial charge in [-0.15, -0.1) is 0 Å². The van der Waals surface area contributed by atoms with Gasteiger partial charge in [-0.2, -0.15) is 0 Å². The molecule has 1 aromatic heterocycles. The van der Waals surface area contributed by atoms with E-state index in [-0.39, 0.29) is 23.9 Å². The molecular weight excluding hydrogens is 383 g/mol. The van der Waals surface area contributed by atoms with Crippen LogP contribution in [-0.4, -0.2) is 30.7 Å². The van der Waals surface area contributed by atoms with Crippen LogP contribution in [0, 0.1) is 17.5 Å². The molecule has 2 N–H and O–H groups in total. The van der Waals surface area contributed by atoms with Crippen molar-refractivity contribution in [1.82, 2.24) is 10.3 Å². The third-order valence-electron chi connectivity index (χ3n) is 4.05. The first-order valence-electron chi connectivity index (χ1n) is 8.29. The fraction of sp³-hybridized carbons (Fsp3) is 0.211. The lowest BCUT2D eigenvalue weighted by molar-refractivity contribution is 0.120. The van der Waals surface area contributed by atoms with Crippen LogP contribution in [0.15, 0.2) is 36.4 Å². The van der Waals surface area contributed by atoms with E-state index in [9.17, 15) is 26.7 Å². The Labute approximate surface area is 156 Å². The molecule has 0 fully saturated rings. The Balaban J connectivity index is 1.89. The predicted octanol–water partition coefficient (Wildman–Crippen LogP) is 4.79. The van der Waals surface area contributed by atoms with Gasteiger partial charge in [-0.05, 0) is 41.5 Å². The largest absolute Gasteiger partial charge is 0.449 e. The summed E-state index contributed by atoms with van der Waals surface area (Å²) in [7, 11) is 0. The number of aromatic nitrogens is 1. The minimum atomic E-state index is -2.71. The first kappa shape index (κ1) is 19.7. The van der Waals surface area contributed by atoms with E-state index >= 15 is 0 Å². The highest BCUT2D eigenvalue weighted by atomic mass is 19.3. The van der Waals surface area contributed by atoms with Crippen LogP contribution < -0.4 is 5.32 Å². The van der Waals surface area contributed by atoms with E-state index in [0.29, 0.717) is 16.8 Å². The summed E-state index contributed by atoms with van der Waals surface area (Å²) in [6, 6.07) is 7.23. The number of alkyl carbamates (subject to hydrolysis) is 1. The van der Waals surface area contributed by atoms with Crippen molar-refractivity contribution in [3.63, 3.8) is 0 Å². The van der Waals surface area contributed by atoms with Crippen molar-refractivity contribution in [2.45, 2.75) is 12.8 Å². The summed E-state index contributed by atoms with van der Waals surface area (Å²) in [6.45, 7) is -1.06. The monoisotopic (exact) mass is 398 g/mol. The normalized spacial score (nSPS) is 11.2. The van der Waals surface area contributed by atoms with Crippen LogP contribution in [0.4, 0.5) is 26.7 Å². The number of nitrogens with one attached hydrogen (secondary N) is 2. The fourth-order valence-electron chi connectivity index (χ4n) is 2.85. The number of rotatable bonds is 6. The Morgan fingerprint density at radius 3 is 2.46 bits per heavy atom. The summed E-state index contributed by atoms with van der Waals surface area (Å²) in [5.74, 6) is -2.05. The molecule has 28 heavy (non-hydrogen) atoms. The molecule has 2 aromatic carbocycles. The summed E-state index contributed by atoms with van der Waals surface area (Å²) in [4.78, 5) is 14.3. The van der Waals surface area contributed by atoms with E-state index in [2.05, 4.69) is 4.98 Å². The van der Waals surface area contributed by atoms with Gasteiger partial charge >= 0.3 is 6.09 Å². The molecule has 0 aliphatic carbocycles. The molecule has 148 valence electrons. The first-order valence-corrected chi connectivity index (χ1v) is 8.29. The Kier molecular flexibility index (Phi) is 5.81. The van der Waals surface area contributed by atoms with Crippen molar-refractivity contribution >= 4 is 17.0 Å². The molecule has 1 heterocycles. The third-order valence-corrected chi connectivity index (χ3v) is 4.05. The Hall–Kier alpha value is -3.10. The average molecular weight is 398 g/mol. The van der Waals surface area contributed by atoms with Gasteiger partial charge in [0.25, 0.3) is 6.43 Å². The number of hydrogen-bond donors (Lipinski definition) is 2. The van der Waals surface area contributed by atoms with Crippen molar-refractivity contribution in [1.29, 1.82) is 0 Å². The van der Waals surface area contributed by atoms with Crippen LogP contribution in [0.1, 0.15) is 5.56 Å². The number of benzene rings is 2. The lowest BCUT2D eigenvalue weighted by Gasteiger charge is -2.08. The number of carbonyl (C=O) groups is 1. The van der Waals surface area contributed by atoms with Crippen LogP contribution in [0.2, 0.25) is 0 Å². The van der Waals surface area contributed by atoms with Crippen molar-refractivity contribution in [2.24, 2.45) is 0 Å². The molecule has 0 bridgehead atoms. The summed E-state index contributed by atoms with van der Waals surface area (Å²) < 4.78 is 70.1. The molecule has 3 rings (SSSR count). The van der Waals surface area contributed by atoms with Gasteiger partial charge < -0.3 is 15.0 Å². The molecule has 4 nitrogen and oxygen atoms in total. The lowest BCUT2D eigenvalue weighted by Crippen LogP contribution is -2.29. The number of hydrogen-bond acceptors (Lipinski definition) is 2. The molecule has 0 saturated heterocycles. The molecule has 1 amide bonds. The zero-order valence-corrected chi connectivity index (χ0v) is 14.4. The van der Waals surface area contributed by atoms with Crippen molar-refractivity contribution in [3.05, 3.63) is 59.4 Å². The van der Waals surface area contributed by atoms with Crippen molar-refractivity contribution < 1.29 is 31.5 Å². The van der Waals surface area contributed by atoms with Gasteiger partial charge in [0, 0.05) is 23.6 Å². The maximum atomic E-state index is 14.1. The first-order chi connectivity index (χ1) is 13.3. The zero-order valence-electron chi connectivity index (χ0n) is 14.4. The number of ether oxygens (including phenoxy) is 1. The standard InChI is InChI=1S/C19H15F5N2O2/c20-11-3-1-10(2-4-11)17-13(5-6-28-19(27)25-9-16(23)24)14-7-12(21)8-15(22)18(14)26-17/h1-4,7-8,16,26H,5-6,9H2,(H,25,27). The minimum Gasteiger partial charge on any atom is -0.449 e. The van der Waals surface area contributed by atoms with E-state index in [1.807, 2.05) is 5.32 Å². The van der Waals surface area contributed by atoms with Gasteiger partial charge in [-0.25, -0.2) is 26.7 Å². The van der Waals surface area contributed by atoms with Gasteiger partial charge in [-0.3, -0.25) is 0 Å². The number of halogens is 5. The molecule has 0 aliphatic heterocycles. The second-order valence-corrected chi connectivity index (χ2v) is 5.95. The smallest absolute Gasteiger partial charge is 0.407 e. The molecule has 0 unspecified atom stereocenters. The van der Waals surface area contributed by atoms with Crippen molar-refractivity contribution in [3.8, 4) is 11.3 Å². The maximum Gasteiger partial charge on any atom is 0.407 e. The lowest BCUT2D eigenvalue weighted by atomic mass is 10.0. The van der Waals surface area contributed by atoms with Gasteiger partial charge in [0.15, 0.2) is 0 Å². The topological polar surface area (TPSA) is 54.1 Å². The van der Waals surface area contributed by atoms with Crippen LogP contribution in [0.5, 0.6) is 0 Å². The Morgan fingerprint density at radius 1 is 1.07 bits per heavy atom. The van der Waals surface area contributed by atoms with Gasteiger partial charge in [0.1, 0.15) is 17.5 Å². The van der Waals surface area contributed by atoms with Crippen LogP contribution in [0.3, 0.4) is 0 Å². The van der Waals surface area contributed by atoms with Crippen LogP contribution in [-0.2, 0) is 11.2 Å². The van der Waals surface area contributed by atoms with Gasteiger partial charge in [0.2, 0.25) is 0 Å². The highest BCUT2D eigenvalue weighted by molar-refractivity contribution is 5.91. The quantitative estimate of drug-likeness (QED) is 0.587. The number of carbonyl (C=O) groups excluding carboxylic acids is 1. The molecule has 3 aromatic rings. The predicted molar refractivity (Wildman–Crippen MR) is 92.7 cm³/mol. The Bertz CT molecular complexity index is 986. The second kappa shape index (κ2) is 8.28. The molecule has 9 heteroatoms. The third kappa shape index (κ3) is 4.41. The molecular formula is C19H15F5N2O2. The summed E-state index contributed by atoms with van der Waals surface area (Å²) >= 11 is 0. The van der Waals surface area contributed by atoms with E-state index in [1.165, 1.54) is 24.3 Å². The van der Waals surface area contributed by atoms with Crippen LogP contribution >= 0.6 is 0 Å². The number of aromatic amines is 1. The number of H-pyrrole nitrogens is 1. The molecule has 0 atom stereocenters. The SMILES string of the molecule is O=C(NCC(F)F)OCCc1c(-c2ccc(F)cc2)[nH]c2c(F)cc(F)cc12. The Morgan fingerprint density at radius 2 is 1.79 bits per heavy atom. The molecule has 0 spiro atoms. The van der Waals surface area contributed by atoms with Crippen molar-refractivity contribution in [2.75, 3.05) is 13.2 Å². The van der Waals surface area contributed by atoms with E-state index < -0.39 is 36.5 Å². The summed E-state index contributed by atoms with van der Waals surface area (Å²) in [5.41, 5.74) is 1.44. The summed E-state index contributed by atoms with van der Waals surface area (Å²) in [5, 5.41) is 2.13. The molecule has 0 radical (unpaired) electrons. The highest BCUT2D eigenvalue weighted by Crippen LogP contribution is 2.32. The number of amides is 1. The van der Waals surface area contributed by atoms with Gasteiger partial charge in [0.05, 0.1) is 18.7 Å². The highest BCUT2D eigenvalue weighted by Gasteiger charge is 2.18. The minimum absolute atomic E-state index is 0.0533. The fourth-order valence-corrected chi connectivity index (χ4v) is 2.85. The zero-order chi connectivity index (χ0) is 20.3. The van der Waals surface area contributed by atoms with E-state index in [4.69, 9.17) is 4.74 Å². The second-order valence-electron chi connectivity index (χ2n) is 5.95. The molecule has 0 saturated carbocycles. The van der Waals surface area contributed by atoms with E-state index in [1.54, 1.807) is 0 Å². The number of alkyl halides is 2. The van der Waals surface area contributed by atoms with E-state index in [0.717, 1.165) is 12.1 Å². The average Bonchev–Trinajstić information content (AvgIpc) is 2.99.